The molecule has 4 aliphatic carbocycles. The summed E-state index contributed by atoms with van der Waals surface area (Å²) >= 11 is 0. The van der Waals surface area contributed by atoms with Gasteiger partial charge in [-0.3, -0.25) is 0 Å². The van der Waals surface area contributed by atoms with Crippen LogP contribution < -0.4 is 0 Å². The van der Waals surface area contributed by atoms with Gasteiger partial charge in [-0.25, -0.2) is 0 Å². The first-order chi connectivity index (χ1) is 10.6. The van der Waals surface area contributed by atoms with E-state index in [0.717, 1.165) is 35.5 Å². The largest absolute Gasteiger partial charge is 0.306 e. The Balaban J connectivity index is 1.31. The van der Waals surface area contributed by atoms with Gasteiger partial charge < -0.3 is 4.90 Å². The van der Waals surface area contributed by atoms with Gasteiger partial charge in [-0.1, -0.05) is 24.3 Å². The zero-order chi connectivity index (χ0) is 15.3. The Morgan fingerprint density at radius 1 is 0.773 bits per heavy atom. The molecule has 0 amide bonds. The standard InChI is InChI=1S/C21H33N/c1-14-8-16-4-6-18(20(16)10-14)12-22(3)13-19-7-5-17-9-15(2)11-21(17)19/h16-21H,1-2,4-13H2,3H3/t16-,17?,18+,19+,20?,21+/m1/s1. The van der Waals surface area contributed by atoms with Gasteiger partial charge in [0, 0.05) is 13.1 Å². The van der Waals surface area contributed by atoms with Gasteiger partial charge in [-0.15, -0.1) is 0 Å². The van der Waals surface area contributed by atoms with Crippen LogP contribution in [0.1, 0.15) is 51.4 Å². The van der Waals surface area contributed by atoms with E-state index in [9.17, 15) is 0 Å². The second-order valence-electron chi connectivity index (χ2n) is 9.06. The summed E-state index contributed by atoms with van der Waals surface area (Å²) in [6.07, 6.45) is 11.2. The van der Waals surface area contributed by atoms with E-state index in [1.807, 2.05) is 0 Å². The Labute approximate surface area is 136 Å². The van der Waals surface area contributed by atoms with E-state index in [1.54, 1.807) is 0 Å². The zero-order valence-electron chi connectivity index (χ0n) is 14.4. The highest BCUT2D eigenvalue weighted by molar-refractivity contribution is 5.11. The molecule has 0 aromatic rings. The molecular weight excluding hydrogens is 266 g/mol. The van der Waals surface area contributed by atoms with Gasteiger partial charge in [-0.05, 0) is 93.9 Å². The number of fused-ring (bicyclic) bond motifs is 2. The van der Waals surface area contributed by atoms with Crippen molar-refractivity contribution >= 4 is 0 Å². The molecule has 122 valence electrons. The maximum absolute atomic E-state index is 4.25. The fourth-order valence-corrected chi connectivity index (χ4v) is 6.56. The van der Waals surface area contributed by atoms with Crippen LogP contribution in [0, 0.1) is 35.5 Å². The summed E-state index contributed by atoms with van der Waals surface area (Å²) in [6.45, 7) is 11.2. The van der Waals surface area contributed by atoms with Crippen molar-refractivity contribution in [2.75, 3.05) is 20.1 Å². The topological polar surface area (TPSA) is 3.24 Å². The molecule has 0 aliphatic heterocycles. The number of rotatable bonds is 4. The smallest absolute Gasteiger partial charge is 0.000959 e. The Morgan fingerprint density at radius 2 is 1.23 bits per heavy atom. The van der Waals surface area contributed by atoms with Gasteiger partial charge >= 0.3 is 0 Å². The first-order valence-electron chi connectivity index (χ1n) is 9.62. The van der Waals surface area contributed by atoms with Crippen molar-refractivity contribution in [1.82, 2.24) is 4.90 Å². The number of nitrogens with zero attached hydrogens (tertiary/aromatic N) is 1. The minimum absolute atomic E-state index is 0.949. The molecule has 4 saturated carbocycles. The second kappa shape index (κ2) is 5.82. The van der Waals surface area contributed by atoms with Crippen LogP contribution in [-0.2, 0) is 0 Å². The molecule has 0 N–H and O–H groups in total. The lowest BCUT2D eigenvalue weighted by molar-refractivity contribution is 0.187. The maximum atomic E-state index is 4.25. The molecule has 22 heavy (non-hydrogen) atoms. The van der Waals surface area contributed by atoms with Crippen molar-refractivity contribution < 1.29 is 0 Å². The van der Waals surface area contributed by atoms with Gasteiger partial charge in [0.15, 0.2) is 0 Å². The first-order valence-corrected chi connectivity index (χ1v) is 9.62. The summed E-state index contributed by atoms with van der Waals surface area (Å²) in [6, 6.07) is 0. The van der Waals surface area contributed by atoms with Crippen molar-refractivity contribution in [3.05, 3.63) is 24.3 Å². The quantitative estimate of drug-likeness (QED) is 0.667. The molecule has 2 unspecified atom stereocenters. The monoisotopic (exact) mass is 299 g/mol. The highest BCUT2D eigenvalue weighted by Crippen LogP contribution is 2.51. The summed E-state index contributed by atoms with van der Waals surface area (Å²) in [5.41, 5.74) is 3.07. The summed E-state index contributed by atoms with van der Waals surface area (Å²) in [7, 11) is 2.38. The maximum Gasteiger partial charge on any atom is 0.000959 e. The molecule has 0 aromatic heterocycles. The van der Waals surface area contributed by atoms with Crippen molar-refractivity contribution in [3.63, 3.8) is 0 Å². The number of hydrogen-bond acceptors (Lipinski definition) is 1. The van der Waals surface area contributed by atoms with E-state index in [-0.39, 0.29) is 0 Å². The number of hydrogen-bond donors (Lipinski definition) is 0. The zero-order valence-corrected chi connectivity index (χ0v) is 14.4. The van der Waals surface area contributed by atoms with Gasteiger partial charge in [0.05, 0.1) is 0 Å². The van der Waals surface area contributed by atoms with Crippen molar-refractivity contribution in [2.45, 2.75) is 51.4 Å². The fraction of sp³-hybridized carbons (Fsp3) is 0.810. The van der Waals surface area contributed by atoms with Crippen LogP contribution in [0.3, 0.4) is 0 Å². The van der Waals surface area contributed by atoms with Gasteiger partial charge in [-0.2, -0.15) is 0 Å². The van der Waals surface area contributed by atoms with E-state index in [1.165, 1.54) is 75.6 Å². The molecule has 0 radical (unpaired) electrons. The SMILES string of the molecule is C=C1CC2[C@H](CC[C@H]2CN(C)C[C@@H]2CCC3CC(=C)C[C@@H]32)C1. The lowest BCUT2D eigenvalue weighted by atomic mass is 9.89. The molecule has 0 heterocycles. The Kier molecular flexibility index (Phi) is 3.97. The van der Waals surface area contributed by atoms with Gasteiger partial charge in [0.1, 0.15) is 0 Å². The normalized spacial score (nSPS) is 44.1. The van der Waals surface area contributed by atoms with Crippen LogP contribution in [0.5, 0.6) is 0 Å². The minimum Gasteiger partial charge on any atom is -0.306 e. The highest BCUT2D eigenvalue weighted by Gasteiger charge is 2.43. The van der Waals surface area contributed by atoms with E-state index in [4.69, 9.17) is 0 Å². The van der Waals surface area contributed by atoms with Crippen LogP contribution in [0.4, 0.5) is 0 Å². The summed E-state index contributed by atoms with van der Waals surface area (Å²) < 4.78 is 0. The van der Waals surface area contributed by atoms with Crippen molar-refractivity contribution in [1.29, 1.82) is 0 Å². The third-order valence-corrected chi connectivity index (χ3v) is 7.48. The van der Waals surface area contributed by atoms with Crippen LogP contribution in [0.2, 0.25) is 0 Å². The lowest BCUT2D eigenvalue weighted by Gasteiger charge is -2.29. The van der Waals surface area contributed by atoms with Crippen LogP contribution in [-0.4, -0.2) is 25.0 Å². The average molecular weight is 300 g/mol. The molecule has 4 fully saturated rings. The van der Waals surface area contributed by atoms with Crippen molar-refractivity contribution in [3.8, 4) is 0 Å². The van der Waals surface area contributed by atoms with Gasteiger partial charge in [0.2, 0.25) is 0 Å². The Bertz CT molecular complexity index is 423. The van der Waals surface area contributed by atoms with E-state index < -0.39 is 0 Å². The Morgan fingerprint density at radius 3 is 1.68 bits per heavy atom. The van der Waals surface area contributed by atoms with Crippen LogP contribution >= 0.6 is 0 Å². The molecule has 4 aliphatic rings. The Hall–Kier alpha value is -0.560. The highest BCUT2D eigenvalue weighted by atomic mass is 15.1. The predicted octanol–water partition coefficient (Wildman–Crippen LogP) is 4.90. The molecule has 0 bridgehead atoms. The third-order valence-electron chi connectivity index (χ3n) is 7.48. The molecule has 0 spiro atoms. The molecular formula is C21H33N. The van der Waals surface area contributed by atoms with Crippen molar-refractivity contribution in [2.24, 2.45) is 35.5 Å². The van der Waals surface area contributed by atoms with E-state index in [0.29, 0.717) is 0 Å². The summed E-state index contributed by atoms with van der Waals surface area (Å²) in [5, 5.41) is 0. The second-order valence-corrected chi connectivity index (χ2v) is 9.06. The first kappa shape index (κ1) is 15.0. The molecule has 0 aromatic carbocycles. The molecule has 6 atom stereocenters. The van der Waals surface area contributed by atoms with Crippen LogP contribution in [0.15, 0.2) is 24.3 Å². The summed E-state index contributed by atoms with van der Waals surface area (Å²) in [5.74, 6) is 5.81. The predicted molar refractivity (Wildman–Crippen MR) is 93.7 cm³/mol. The third kappa shape index (κ3) is 2.70. The average Bonchev–Trinajstić information content (AvgIpc) is 3.16. The number of allylic oxidation sites excluding steroid dienone is 2. The minimum atomic E-state index is 0.949. The van der Waals surface area contributed by atoms with E-state index in [2.05, 4.69) is 25.1 Å². The fourth-order valence-electron chi connectivity index (χ4n) is 6.56. The molecule has 0 saturated heterocycles. The van der Waals surface area contributed by atoms with Gasteiger partial charge in [0.25, 0.3) is 0 Å². The molecule has 4 rings (SSSR count). The lowest BCUT2D eigenvalue weighted by Crippen LogP contribution is -2.33. The molecule has 1 nitrogen and oxygen atoms in total. The van der Waals surface area contributed by atoms with Crippen LogP contribution in [0.25, 0.3) is 0 Å². The van der Waals surface area contributed by atoms with E-state index >= 15 is 0 Å². The molecule has 1 heteroatoms. The summed E-state index contributed by atoms with van der Waals surface area (Å²) in [4.78, 5) is 2.68.